The number of hydrogen-bond donors (Lipinski definition) is 1. The molecule has 0 fully saturated rings. The maximum atomic E-state index is 6.18. The van der Waals surface area contributed by atoms with E-state index in [-0.39, 0.29) is 6.04 Å². The molecule has 1 heteroatoms. The van der Waals surface area contributed by atoms with E-state index in [0.29, 0.717) is 11.8 Å². The van der Waals surface area contributed by atoms with Gasteiger partial charge in [0.05, 0.1) is 0 Å². The molecule has 0 amide bonds. The zero-order chi connectivity index (χ0) is 10.7. The Hall–Kier alpha value is -0.820. The second kappa shape index (κ2) is 4.61. The molecule has 0 heterocycles. The van der Waals surface area contributed by atoms with E-state index in [9.17, 15) is 0 Å². The number of nitrogens with two attached hydrogens (primary N) is 1. The summed E-state index contributed by atoms with van der Waals surface area (Å²) in [6.45, 7) is 8.77. The third kappa shape index (κ3) is 2.36. The minimum absolute atomic E-state index is 0.161. The molecule has 0 aliphatic carbocycles. The summed E-state index contributed by atoms with van der Waals surface area (Å²) < 4.78 is 0. The van der Waals surface area contributed by atoms with Crippen LogP contribution in [-0.2, 0) is 0 Å². The summed E-state index contributed by atoms with van der Waals surface area (Å²) in [5.74, 6) is 1.05. The quantitative estimate of drug-likeness (QED) is 0.778. The molecule has 0 radical (unpaired) electrons. The van der Waals surface area contributed by atoms with E-state index in [1.165, 1.54) is 11.1 Å². The van der Waals surface area contributed by atoms with Gasteiger partial charge in [0.15, 0.2) is 0 Å². The van der Waals surface area contributed by atoms with Gasteiger partial charge in [-0.1, -0.05) is 52.0 Å². The van der Waals surface area contributed by atoms with Crippen molar-refractivity contribution in [1.82, 2.24) is 0 Å². The summed E-state index contributed by atoms with van der Waals surface area (Å²) in [5.41, 5.74) is 8.86. The van der Waals surface area contributed by atoms with Crippen LogP contribution in [0.2, 0.25) is 0 Å². The zero-order valence-corrected chi connectivity index (χ0v) is 9.62. The SMILES string of the molecule is CC(C)c1ccccc1C(N)C(C)C. The molecule has 0 aromatic heterocycles. The Morgan fingerprint density at radius 1 is 0.929 bits per heavy atom. The van der Waals surface area contributed by atoms with E-state index in [2.05, 4.69) is 52.0 Å². The van der Waals surface area contributed by atoms with Gasteiger partial charge in [-0.2, -0.15) is 0 Å². The van der Waals surface area contributed by atoms with E-state index in [1.807, 2.05) is 0 Å². The number of hydrogen-bond acceptors (Lipinski definition) is 1. The van der Waals surface area contributed by atoms with Crippen LogP contribution < -0.4 is 5.73 Å². The Morgan fingerprint density at radius 2 is 1.43 bits per heavy atom. The molecule has 0 saturated carbocycles. The highest BCUT2D eigenvalue weighted by molar-refractivity contribution is 5.32. The predicted molar refractivity (Wildman–Crippen MR) is 62.3 cm³/mol. The van der Waals surface area contributed by atoms with Gasteiger partial charge in [-0.05, 0) is 23.0 Å². The van der Waals surface area contributed by atoms with Crippen molar-refractivity contribution in [1.29, 1.82) is 0 Å². The predicted octanol–water partition coefficient (Wildman–Crippen LogP) is 3.47. The van der Waals surface area contributed by atoms with Crippen LogP contribution in [0.5, 0.6) is 0 Å². The van der Waals surface area contributed by atoms with Crippen LogP contribution >= 0.6 is 0 Å². The summed E-state index contributed by atoms with van der Waals surface area (Å²) in [6.07, 6.45) is 0. The normalized spacial score (nSPS) is 13.6. The second-order valence-electron chi connectivity index (χ2n) is 4.55. The van der Waals surface area contributed by atoms with E-state index in [1.54, 1.807) is 0 Å². The van der Waals surface area contributed by atoms with Crippen molar-refractivity contribution in [3.63, 3.8) is 0 Å². The summed E-state index contributed by atoms with van der Waals surface area (Å²) in [4.78, 5) is 0. The fourth-order valence-electron chi connectivity index (χ4n) is 1.70. The molecule has 1 aromatic carbocycles. The molecule has 78 valence electrons. The smallest absolute Gasteiger partial charge is 0.0321 e. The molecular weight excluding hydrogens is 170 g/mol. The molecule has 1 atom stereocenters. The summed E-state index contributed by atoms with van der Waals surface area (Å²) in [7, 11) is 0. The third-order valence-corrected chi connectivity index (χ3v) is 2.70. The van der Waals surface area contributed by atoms with E-state index >= 15 is 0 Å². The van der Waals surface area contributed by atoms with E-state index in [0.717, 1.165) is 0 Å². The van der Waals surface area contributed by atoms with Gasteiger partial charge in [-0.15, -0.1) is 0 Å². The first-order valence-corrected chi connectivity index (χ1v) is 5.38. The highest BCUT2D eigenvalue weighted by atomic mass is 14.6. The fraction of sp³-hybridized carbons (Fsp3) is 0.538. The molecule has 0 bridgehead atoms. The highest BCUT2D eigenvalue weighted by Crippen LogP contribution is 2.27. The van der Waals surface area contributed by atoms with E-state index in [4.69, 9.17) is 5.73 Å². The lowest BCUT2D eigenvalue weighted by atomic mass is 9.88. The lowest BCUT2D eigenvalue weighted by Crippen LogP contribution is -2.18. The first-order valence-electron chi connectivity index (χ1n) is 5.38. The second-order valence-corrected chi connectivity index (χ2v) is 4.55. The van der Waals surface area contributed by atoms with Crippen LogP contribution in [0.15, 0.2) is 24.3 Å². The molecule has 0 saturated heterocycles. The Morgan fingerprint density at radius 3 is 1.86 bits per heavy atom. The maximum absolute atomic E-state index is 6.18. The Balaban J connectivity index is 3.06. The van der Waals surface area contributed by atoms with Gasteiger partial charge >= 0.3 is 0 Å². The van der Waals surface area contributed by atoms with Gasteiger partial charge in [0, 0.05) is 6.04 Å². The molecule has 0 spiro atoms. The maximum Gasteiger partial charge on any atom is 0.0321 e. The van der Waals surface area contributed by atoms with Crippen molar-refractivity contribution in [2.24, 2.45) is 11.7 Å². The topological polar surface area (TPSA) is 26.0 Å². The standard InChI is InChI=1S/C13H21N/c1-9(2)11-7-5-6-8-12(11)13(14)10(3)4/h5-10,13H,14H2,1-4H3. The Labute approximate surface area is 87.3 Å². The van der Waals surface area contributed by atoms with Gasteiger partial charge in [0.2, 0.25) is 0 Å². The molecule has 1 unspecified atom stereocenters. The molecule has 1 nitrogen and oxygen atoms in total. The van der Waals surface area contributed by atoms with Crippen molar-refractivity contribution in [2.75, 3.05) is 0 Å². The average molecular weight is 191 g/mol. The van der Waals surface area contributed by atoms with Gasteiger partial charge in [-0.3, -0.25) is 0 Å². The molecular formula is C13H21N. The third-order valence-electron chi connectivity index (χ3n) is 2.70. The van der Waals surface area contributed by atoms with Crippen molar-refractivity contribution < 1.29 is 0 Å². The number of benzene rings is 1. The Bertz CT molecular complexity index is 289. The van der Waals surface area contributed by atoms with Crippen LogP contribution in [0.25, 0.3) is 0 Å². The summed E-state index contributed by atoms with van der Waals surface area (Å²) in [6, 6.07) is 8.66. The molecule has 1 aromatic rings. The van der Waals surface area contributed by atoms with Gasteiger partial charge in [0.1, 0.15) is 0 Å². The van der Waals surface area contributed by atoms with Crippen molar-refractivity contribution in [2.45, 2.75) is 39.7 Å². The Kier molecular flexibility index (Phi) is 3.70. The van der Waals surface area contributed by atoms with Crippen LogP contribution in [-0.4, -0.2) is 0 Å². The lowest BCUT2D eigenvalue weighted by molar-refractivity contribution is 0.508. The largest absolute Gasteiger partial charge is 0.324 e. The van der Waals surface area contributed by atoms with Gasteiger partial charge in [-0.25, -0.2) is 0 Å². The molecule has 14 heavy (non-hydrogen) atoms. The minimum atomic E-state index is 0.161. The molecule has 0 aliphatic heterocycles. The molecule has 2 N–H and O–H groups in total. The highest BCUT2D eigenvalue weighted by Gasteiger charge is 2.15. The summed E-state index contributed by atoms with van der Waals surface area (Å²) in [5, 5.41) is 0. The van der Waals surface area contributed by atoms with Crippen LogP contribution in [0, 0.1) is 5.92 Å². The minimum Gasteiger partial charge on any atom is -0.324 e. The van der Waals surface area contributed by atoms with Crippen molar-refractivity contribution in [3.05, 3.63) is 35.4 Å². The van der Waals surface area contributed by atoms with Crippen LogP contribution in [0.1, 0.15) is 50.8 Å². The van der Waals surface area contributed by atoms with Gasteiger partial charge < -0.3 is 5.73 Å². The first-order chi connectivity index (χ1) is 6.54. The van der Waals surface area contributed by atoms with Gasteiger partial charge in [0.25, 0.3) is 0 Å². The molecule has 0 aliphatic rings. The monoisotopic (exact) mass is 191 g/mol. The van der Waals surface area contributed by atoms with Crippen molar-refractivity contribution in [3.8, 4) is 0 Å². The number of rotatable bonds is 3. The van der Waals surface area contributed by atoms with Crippen LogP contribution in [0.4, 0.5) is 0 Å². The van der Waals surface area contributed by atoms with Crippen molar-refractivity contribution >= 4 is 0 Å². The first kappa shape index (κ1) is 11.3. The fourth-order valence-corrected chi connectivity index (χ4v) is 1.70. The van der Waals surface area contributed by atoms with E-state index < -0.39 is 0 Å². The average Bonchev–Trinajstić information content (AvgIpc) is 2.16. The molecule has 1 rings (SSSR count). The lowest BCUT2D eigenvalue weighted by Gasteiger charge is -2.21. The van der Waals surface area contributed by atoms with Crippen LogP contribution in [0.3, 0.4) is 0 Å². The summed E-state index contributed by atoms with van der Waals surface area (Å²) >= 11 is 0. The zero-order valence-electron chi connectivity index (χ0n) is 9.62.